The molecule has 0 fully saturated rings. The van der Waals surface area contributed by atoms with E-state index in [1.54, 1.807) is 12.1 Å². The number of benzene rings is 6. The molecule has 0 saturated heterocycles. The van der Waals surface area contributed by atoms with Gasteiger partial charge in [-0.25, -0.2) is 0 Å². The molecule has 0 saturated carbocycles. The Morgan fingerprint density at radius 2 is 1.22 bits per heavy atom. The summed E-state index contributed by atoms with van der Waals surface area (Å²) in [6, 6.07) is 37.8. The SMILES string of the molecule is C/C(=C\C=C1/CCC(/C=C/C(C)=[N+](\C)c2ccc3cc(S(=O)(=O)O)ccc3c2C)=C1N(c1ccccc1)c1ccccc1)N(C)c1ccc2cc(S(=O)(=O)O)ccc2c1C. The van der Waals surface area contributed by atoms with Gasteiger partial charge >= 0.3 is 0 Å². The maximum atomic E-state index is 11.8. The molecule has 0 spiro atoms. The second kappa shape index (κ2) is 16.9. The molecule has 1 aliphatic carbocycles. The lowest BCUT2D eigenvalue weighted by atomic mass is 10.0. The van der Waals surface area contributed by atoms with Gasteiger partial charge in [0.2, 0.25) is 5.69 Å². The lowest BCUT2D eigenvalue weighted by molar-refractivity contribution is -0.404. The smallest absolute Gasteiger partial charge is 0.294 e. The first-order valence-corrected chi connectivity index (χ1v) is 22.4. The average molecular weight is 839 g/mol. The van der Waals surface area contributed by atoms with Crippen molar-refractivity contribution in [3.05, 3.63) is 179 Å². The van der Waals surface area contributed by atoms with Crippen molar-refractivity contribution in [1.82, 2.24) is 0 Å². The van der Waals surface area contributed by atoms with E-state index in [0.29, 0.717) is 0 Å². The van der Waals surface area contributed by atoms with Crippen LogP contribution in [-0.2, 0) is 20.2 Å². The van der Waals surface area contributed by atoms with E-state index in [1.807, 2.05) is 64.3 Å². The average Bonchev–Trinajstić information content (AvgIpc) is 3.63. The summed E-state index contributed by atoms with van der Waals surface area (Å²) < 4.78 is 68.4. The van der Waals surface area contributed by atoms with E-state index >= 15 is 0 Å². The van der Waals surface area contributed by atoms with Gasteiger partial charge in [-0.15, -0.1) is 0 Å². The molecule has 7 rings (SSSR count). The largest absolute Gasteiger partial charge is 0.348 e. The number of hydrogen-bond acceptors (Lipinski definition) is 6. The molecule has 0 radical (unpaired) electrons. The van der Waals surface area contributed by atoms with Crippen LogP contribution in [0.15, 0.2) is 178 Å². The summed E-state index contributed by atoms with van der Waals surface area (Å²) in [5, 5.41) is 3.27. The van der Waals surface area contributed by atoms with Gasteiger partial charge in [-0.05, 0) is 139 Å². The van der Waals surface area contributed by atoms with Crippen molar-refractivity contribution >= 4 is 70.2 Å². The fourth-order valence-electron chi connectivity index (χ4n) is 7.88. The molecule has 11 heteroatoms. The number of allylic oxidation sites excluding steroid dienone is 7. The third-order valence-electron chi connectivity index (χ3n) is 11.4. The van der Waals surface area contributed by atoms with E-state index in [4.69, 9.17) is 0 Å². The second-order valence-corrected chi connectivity index (χ2v) is 18.0. The zero-order valence-electron chi connectivity index (χ0n) is 34.5. The minimum Gasteiger partial charge on any atom is -0.348 e. The summed E-state index contributed by atoms with van der Waals surface area (Å²) in [6.07, 6.45) is 10.4. The van der Waals surface area contributed by atoms with Crippen molar-refractivity contribution in [3.63, 3.8) is 0 Å². The topological polar surface area (TPSA) is 118 Å². The lowest BCUT2D eigenvalue weighted by Gasteiger charge is -2.28. The van der Waals surface area contributed by atoms with E-state index in [0.717, 1.165) is 85.4 Å². The normalized spacial score (nSPS) is 15.1. The summed E-state index contributed by atoms with van der Waals surface area (Å²) in [6.45, 7) is 8.18. The highest BCUT2D eigenvalue weighted by molar-refractivity contribution is 7.86. The molecule has 0 unspecified atom stereocenters. The Morgan fingerprint density at radius 3 is 1.77 bits per heavy atom. The van der Waals surface area contributed by atoms with Gasteiger partial charge in [-0.3, -0.25) is 9.11 Å². The molecule has 6 aromatic carbocycles. The Kier molecular flexibility index (Phi) is 11.8. The molecule has 6 aromatic rings. The van der Waals surface area contributed by atoms with Crippen molar-refractivity contribution < 1.29 is 30.5 Å². The van der Waals surface area contributed by atoms with Crippen molar-refractivity contribution in [3.8, 4) is 0 Å². The molecular formula is C49H48N3O6S2+. The molecule has 0 amide bonds. The minimum atomic E-state index is -4.31. The number of anilines is 3. The molecule has 0 aliphatic heterocycles. The van der Waals surface area contributed by atoms with Gasteiger partial charge in [-0.2, -0.15) is 21.4 Å². The second-order valence-electron chi connectivity index (χ2n) is 15.1. The molecule has 2 N–H and O–H groups in total. The Labute approximate surface area is 352 Å². The van der Waals surface area contributed by atoms with Gasteiger partial charge in [0.15, 0.2) is 5.71 Å². The maximum absolute atomic E-state index is 11.8. The first-order valence-electron chi connectivity index (χ1n) is 19.5. The van der Waals surface area contributed by atoms with Crippen LogP contribution in [-0.4, -0.2) is 50.3 Å². The van der Waals surface area contributed by atoms with Gasteiger partial charge in [0, 0.05) is 54.4 Å². The Morgan fingerprint density at radius 1 is 0.683 bits per heavy atom. The van der Waals surface area contributed by atoms with Crippen molar-refractivity contribution in [2.45, 2.75) is 50.3 Å². The monoisotopic (exact) mass is 838 g/mol. The standard InChI is InChI=1S/C49H47N3O6S2/c1-33(50(5)47-29-23-39-31-43(59(53,54)55)25-27-45(39)35(47)3)17-19-37-21-22-38(49(37)52(41-13-9-7-10-14-41)42-15-11-8-12-16-42)20-18-34(2)51(6)48-30-24-40-32-44(60(56,57)58)26-28-46(40)36(48)4/h7-20,23-32H,21-22H2,1-6H3,(H-,53,54,55,56,57,58)/p+1. The van der Waals surface area contributed by atoms with Crippen molar-refractivity contribution in [2.75, 3.05) is 23.9 Å². The van der Waals surface area contributed by atoms with E-state index in [9.17, 15) is 25.9 Å². The van der Waals surface area contributed by atoms with Gasteiger partial charge in [-0.1, -0.05) is 66.7 Å². The fraction of sp³-hybridized carbons (Fsp3) is 0.163. The molecule has 60 heavy (non-hydrogen) atoms. The number of hydrogen-bond donors (Lipinski definition) is 2. The van der Waals surface area contributed by atoms with Crippen LogP contribution in [0.25, 0.3) is 21.5 Å². The molecular weight excluding hydrogens is 791 g/mol. The third-order valence-corrected chi connectivity index (χ3v) is 13.1. The van der Waals surface area contributed by atoms with Crippen LogP contribution in [0.2, 0.25) is 0 Å². The van der Waals surface area contributed by atoms with Crippen LogP contribution in [0.5, 0.6) is 0 Å². The maximum Gasteiger partial charge on any atom is 0.294 e. The summed E-state index contributed by atoms with van der Waals surface area (Å²) in [4.78, 5) is 4.19. The first-order chi connectivity index (χ1) is 28.5. The van der Waals surface area contributed by atoms with Crippen LogP contribution in [0.3, 0.4) is 0 Å². The van der Waals surface area contributed by atoms with Crippen LogP contribution < -0.4 is 9.80 Å². The summed E-state index contributed by atoms with van der Waals surface area (Å²) in [7, 11) is -4.58. The van der Waals surface area contributed by atoms with Crippen molar-refractivity contribution in [1.29, 1.82) is 0 Å². The zero-order chi connectivity index (χ0) is 42.9. The Bertz CT molecular complexity index is 3000. The van der Waals surface area contributed by atoms with Gasteiger partial charge in [0.1, 0.15) is 7.05 Å². The molecule has 0 atom stereocenters. The van der Waals surface area contributed by atoms with Crippen LogP contribution in [0.1, 0.15) is 37.8 Å². The molecule has 1 aliphatic rings. The highest BCUT2D eigenvalue weighted by atomic mass is 32.2. The summed E-state index contributed by atoms with van der Waals surface area (Å²) in [5.74, 6) is 0. The number of rotatable bonds is 11. The number of aryl methyl sites for hydroxylation is 2. The molecule has 9 nitrogen and oxygen atoms in total. The minimum absolute atomic E-state index is 0.130. The van der Waals surface area contributed by atoms with Crippen LogP contribution >= 0.6 is 0 Å². The Hall–Kier alpha value is -6.11. The number of nitrogens with zero attached hydrogens (tertiary/aromatic N) is 3. The highest BCUT2D eigenvalue weighted by Gasteiger charge is 2.26. The van der Waals surface area contributed by atoms with Crippen molar-refractivity contribution in [2.24, 2.45) is 0 Å². The first kappa shape index (κ1) is 42.0. The Balaban J connectivity index is 1.29. The van der Waals surface area contributed by atoms with Gasteiger partial charge < -0.3 is 9.80 Å². The molecule has 0 heterocycles. The van der Waals surface area contributed by atoms with Gasteiger partial charge in [0.05, 0.1) is 15.5 Å². The zero-order valence-corrected chi connectivity index (χ0v) is 36.1. The van der Waals surface area contributed by atoms with Gasteiger partial charge in [0.25, 0.3) is 20.2 Å². The van der Waals surface area contributed by atoms with E-state index in [-0.39, 0.29) is 9.79 Å². The number of para-hydroxylation sites is 2. The van der Waals surface area contributed by atoms with E-state index in [1.165, 1.54) is 35.4 Å². The summed E-state index contributed by atoms with van der Waals surface area (Å²) >= 11 is 0. The van der Waals surface area contributed by atoms with E-state index in [2.05, 4.69) is 101 Å². The predicted octanol–water partition coefficient (Wildman–Crippen LogP) is 11.2. The van der Waals surface area contributed by atoms with E-state index < -0.39 is 20.2 Å². The number of fused-ring (bicyclic) bond motifs is 2. The highest BCUT2D eigenvalue weighted by Crippen LogP contribution is 2.42. The molecule has 306 valence electrons. The molecule has 0 aromatic heterocycles. The van der Waals surface area contributed by atoms with Crippen LogP contribution in [0.4, 0.5) is 22.7 Å². The fourth-order valence-corrected chi connectivity index (χ4v) is 8.91. The third kappa shape index (κ3) is 8.62. The quantitative estimate of drug-likeness (QED) is 0.0752. The lowest BCUT2D eigenvalue weighted by Crippen LogP contribution is -2.18. The molecule has 0 bridgehead atoms. The summed E-state index contributed by atoms with van der Waals surface area (Å²) in [5.41, 5.74) is 11.5. The predicted molar refractivity (Wildman–Crippen MR) is 244 cm³/mol. The van der Waals surface area contributed by atoms with Crippen LogP contribution in [0, 0.1) is 13.8 Å².